The van der Waals surface area contributed by atoms with E-state index in [1.54, 1.807) is 30.3 Å². The maximum Gasteiger partial charge on any atom is 0.326 e. The number of carbonyl (C=O) groups excluding carboxylic acids is 2. The lowest BCUT2D eigenvalue weighted by Gasteiger charge is -2.24. The fourth-order valence-corrected chi connectivity index (χ4v) is 3.50. The van der Waals surface area contributed by atoms with E-state index >= 15 is 0 Å². The maximum atomic E-state index is 12.8. The van der Waals surface area contributed by atoms with Crippen LogP contribution in [0, 0.1) is 0 Å². The number of H-pyrrole nitrogens is 1. The molecule has 3 rings (SSSR count). The van der Waals surface area contributed by atoms with Crippen molar-refractivity contribution < 1.29 is 29.4 Å². The zero-order valence-electron chi connectivity index (χ0n) is 19.2. The Bertz CT molecular complexity index is 1390. The van der Waals surface area contributed by atoms with Crippen LogP contribution in [0.2, 0.25) is 0 Å². The number of anilines is 4. The topological polar surface area (TPSA) is 235 Å². The average Bonchev–Trinajstić information content (AvgIpc) is 2.84. The largest absolute Gasteiger partial charge is 0.481 e. The molecule has 0 spiro atoms. The second kappa shape index (κ2) is 11.4. The molecular formula is C23H23N7O7. The number of nitrogens with one attached hydrogen (secondary N) is 2. The Hall–Kier alpha value is -5.27. The van der Waals surface area contributed by atoms with E-state index in [2.05, 4.69) is 20.3 Å². The van der Waals surface area contributed by atoms with Crippen molar-refractivity contribution in [3.8, 4) is 11.3 Å². The van der Waals surface area contributed by atoms with Crippen LogP contribution in [0.1, 0.15) is 18.4 Å². The van der Waals surface area contributed by atoms with Crippen molar-refractivity contribution >= 4 is 47.5 Å². The molecule has 0 saturated heterocycles. The second-order valence-electron chi connectivity index (χ2n) is 7.77. The Balaban J connectivity index is 1.98. The van der Waals surface area contributed by atoms with E-state index in [0.717, 1.165) is 4.90 Å². The molecule has 0 aliphatic carbocycles. The highest BCUT2D eigenvalue weighted by atomic mass is 16.4. The number of carbonyl (C=O) groups is 4. The van der Waals surface area contributed by atoms with E-state index in [0.29, 0.717) is 5.56 Å². The first-order valence-corrected chi connectivity index (χ1v) is 10.8. The van der Waals surface area contributed by atoms with Crippen molar-refractivity contribution in [2.45, 2.75) is 25.3 Å². The summed E-state index contributed by atoms with van der Waals surface area (Å²) in [6.07, 6.45) is -1.01. The summed E-state index contributed by atoms with van der Waals surface area (Å²) < 4.78 is 0. The minimum absolute atomic E-state index is 0.0759. The van der Waals surface area contributed by atoms with Crippen LogP contribution in [0.25, 0.3) is 11.3 Å². The van der Waals surface area contributed by atoms with E-state index in [-0.39, 0.29) is 47.4 Å². The number of carboxylic acids is 2. The van der Waals surface area contributed by atoms with Gasteiger partial charge in [-0.3, -0.25) is 29.1 Å². The predicted octanol–water partition coefficient (Wildman–Crippen LogP) is 0.458. The lowest BCUT2D eigenvalue weighted by molar-refractivity contribution is -0.140. The number of nitrogen functional groups attached to an aromatic ring is 2. The van der Waals surface area contributed by atoms with Crippen LogP contribution in [0.5, 0.6) is 0 Å². The molecule has 0 bridgehead atoms. The van der Waals surface area contributed by atoms with Gasteiger partial charge in [-0.05, 0) is 18.6 Å². The third kappa shape index (κ3) is 6.45. The highest BCUT2D eigenvalue weighted by Crippen LogP contribution is 2.30. The lowest BCUT2D eigenvalue weighted by Crippen LogP contribution is -2.41. The predicted molar refractivity (Wildman–Crippen MR) is 133 cm³/mol. The van der Waals surface area contributed by atoms with Gasteiger partial charge in [0, 0.05) is 12.0 Å². The molecule has 1 atom stereocenters. The molecule has 14 heteroatoms. The zero-order chi connectivity index (χ0) is 27.1. The van der Waals surface area contributed by atoms with E-state index < -0.39 is 42.3 Å². The first kappa shape index (κ1) is 26.3. The Morgan fingerprint density at radius 3 is 2.38 bits per heavy atom. The highest BCUT2D eigenvalue weighted by molar-refractivity contribution is 5.97. The van der Waals surface area contributed by atoms with Crippen LogP contribution in [0.4, 0.5) is 23.3 Å². The van der Waals surface area contributed by atoms with Crippen LogP contribution >= 0.6 is 0 Å². The van der Waals surface area contributed by atoms with Crippen molar-refractivity contribution in [1.82, 2.24) is 15.0 Å². The van der Waals surface area contributed by atoms with E-state index in [4.69, 9.17) is 16.6 Å². The molecule has 2 heterocycles. The number of hydrogen-bond donors (Lipinski definition) is 6. The summed E-state index contributed by atoms with van der Waals surface area (Å²) in [6.45, 7) is 0. The van der Waals surface area contributed by atoms with Gasteiger partial charge in [-0.2, -0.15) is 4.98 Å². The Morgan fingerprint density at radius 1 is 1.08 bits per heavy atom. The van der Waals surface area contributed by atoms with Gasteiger partial charge in [-0.1, -0.05) is 30.3 Å². The Labute approximate surface area is 209 Å². The number of benzene rings is 1. The Morgan fingerprint density at radius 2 is 1.78 bits per heavy atom. The molecule has 2 amide bonds. The van der Waals surface area contributed by atoms with Gasteiger partial charge < -0.3 is 27.0 Å². The molecule has 192 valence electrons. The highest BCUT2D eigenvalue weighted by Gasteiger charge is 2.28. The standard InChI is InChI=1S/C23H23N7O7/c24-20-13(21(35)29-23(25)28-20)10-17(32)26-14-6-8-16(27-19(14)12-4-2-1-3-5-12)30(11-31)15(22(36)37)7-9-18(33)34/h1-6,8,11,15H,7,9-10H2,(H,26,32)(H,33,34)(H,36,37)(H5,24,25,28,29,35)/t15-/m0/s1. The summed E-state index contributed by atoms with van der Waals surface area (Å²) in [6, 6.07) is 9.75. The fraction of sp³-hybridized carbons (Fsp3) is 0.174. The molecule has 0 aliphatic rings. The molecule has 3 aromatic rings. The van der Waals surface area contributed by atoms with Gasteiger partial charge in [-0.15, -0.1) is 0 Å². The van der Waals surface area contributed by atoms with Crippen LogP contribution in [-0.4, -0.2) is 55.5 Å². The van der Waals surface area contributed by atoms with Crippen LogP contribution in [0.3, 0.4) is 0 Å². The number of pyridine rings is 1. The van der Waals surface area contributed by atoms with Gasteiger partial charge in [0.1, 0.15) is 17.7 Å². The number of carboxylic acid groups (broad SMARTS) is 2. The second-order valence-corrected chi connectivity index (χ2v) is 7.77. The summed E-state index contributed by atoms with van der Waals surface area (Å²) in [5, 5.41) is 21.2. The summed E-state index contributed by atoms with van der Waals surface area (Å²) in [7, 11) is 0. The summed E-state index contributed by atoms with van der Waals surface area (Å²) in [5.41, 5.74) is 11.3. The fourth-order valence-electron chi connectivity index (χ4n) is 3.50. The number of aromatic amines is 1. The maximum absolute atomic E-state index is 12.8. The number of rotatable bonds is 11. The molecular weight excluding hydrogens is 486 g/mol. The smallest absolute Gasteiger partial charge is 0.326 e. The van der Waals surface area contributed by atoms with Crippen molar-refractivity contribution in [3.05, 3.63) is 58.4 Å². The monoisotopic (exact) mass is 509 g/mol. The summed E-state index contributed by atoms with van der Waals surface area (Å²) in [4.78, 5) is 70.7. The molecule has 2 aromatic heterocycles. The molecule has 0 unspecified atom stereocenters. The minimum atomic E-state index is -1.49. The number of hydrogen-bond acceptors (Lipinski definition) is 9. The molecule has 1 aromatic carbocycles. The quantitative estimate of drug-likeness (QED) is 0.194. The summed E-state index contributed by atoms with van der Waals surface area (Å²) >= 11 is 0. The van der Waals surface area contributed by atoms with Crippen LogP contribution in [0.15, 0.2) is 47.3 Å². The number of nitrogens with two attached hydrogens (primary N) is 2. The number of aliphatic carboxylic acids is 2. The van der Waals surface area contributed by atoms with E-state index in [9.17, 15) is 29.1 Å². The third-order valence-corrected chi connectivity index (χ3v) is 5.24. The number of aromatic nitrogens is 3. The normalized spacial score (nSPS) is 11.4. The SMILES string of the molecule is Nc1nc(N)c(CC(=O)Nc2ccc(N(C=O)[C@@H](CCC(=O)O)C(=O)O)nc2-c2ccccc2)c(=O)[nH]1. The lowest BCUT2D eigenvalue weighted by atomic mass is 10.1. The molecule has 14 nitrogen and oxygen atoms in total. The van der Waals surface area contributed by atoms with Gasteiger partial charge in [0.05, 0.1) is 23.4 Å². The molecule has 37 heavy (non-hydrogen) atoms. The van der Waals surface area contributed by atoms with Gasteiger partial charge >= 0.3 is 11.9 Å². The molecule has 0 saturated carbocycles. The van der Waals surface area contributed by atoms with Gasteiger partial charge in [0.2, 0.25) is 18.3 Å². The van der Waals surface area contributed by atoms with Gasteiger partial charge in [0.15, 0.2) is 0 Å². The summed E-state index contributed by atoms with van der Waals surface area (Å²) in [5.74, 6) is -3.73. The first-order chi connectivity index (χ1) is 17.6. The van der Waals surface area contributed by atoms with Crippen molar-refractivity contribution in [3.63, 3.8) is 0 Å². The van der Waals surface area contributed by atoms with Gasteiger partial charge in [0.25, 0.3) is 5.56 Å². The Kier molecular flexibility index (Phi) is 8.14. The van der Waals surface area contributed by atoms with E-state index in [1.165, 1.54) is 12.1 Å². The third-order valence-electron chi connectivity index (χ3n) is 5.24. The van der Waals surface area contributed by atoms with Crippen molar-refractivity contribution in [1.29, 1.82) is 0 Å². The van der Waals surface area contributed by atoms with Crippen molar-refractivity contribution in [2.24, 2.45) is 0 Å². The van der Waals surface area contributed by atoms with Crippen LogP contribution < -0.4 is 27.2 Å². The molecule has 0 radical (unpaired) electrons. The van der Waals surface area contributed by atoms with E-state index in [1.807, 2.05) is 0 Å². The molecule has 0 aliphatic heterocycles. The number of nitrogens with zero attached hydrogens (tertiary/aromatic N) is 3. The zero-order valence-corrected chi connectivity index (χ0v) is 19.2. The van der Waals surface area contributed by atoms with Crippen molar-refractivity contribution in [2.75, 3.05) is 21.7 Å². The average molecular weight is 509 g/mol. The van der Waals surface area contributed by atoms with Gasteiger partial charge in [-0.25, -0.2) is 9.78 Å². The van der Waals surface area contributed by atoms with Crippen LogP contribution in [-0.2, 0) is 25.6 Å². The minimum Gasteiger partial charge on any atom is -0.481 e. The molecule has 8 N–H and O–H groups in total. The number of amides is 2. The molecule has 0 fully saturated rings. The first-order valence-electron chi connectivity index (χ1n) is 10.8.